The second-order valence-corrected chi connectivity index (χ2v) is 6.38. The minimum Gasteiger partial charge on any atom is -0.464 e. The van der Waals surface area contributed by atoms with Gasteiger partial charge in [-0.2, -0.15) is 8.42 Å². The lowest BCUT2D eigenvalue weighted by atomic mass is 10.2. The third kappa shape index (κ3) is 7.10. The van der Waals surface area contributed by atoms with Crippen LogP contribution in [-0.2, 0) is 19.6 Å². The molecule has 0 saturated heterocycles. The highest BCUT2D eigenvalue weighted by atomic mass is 32.2. The van der Waals surface area contributed by atoms with Gasteiger partial charge in [-0.05, 0) is 31.9 Å². The number of anilines is 1. The Morgan fingerprint density at radius 1 is 1.33 bits per heavy atom. The van der Waals surface area contributed by atoms with E-state index in [4.69, 9.17) is 9.29 Å². The van der Waals surface area contributed by atoms with E-state index in [2.05, 4.69) is 5.32 Å². The monoisotopic (exact) mass is 315 g/mol. The summed E-state index contributed by atoms with van der Waals surface area (Å²) in [4.78, 5) is 11.9. The van der Waals surface area contributed by atoms with E-state index < -0.39 is 27.9 Å². The lowest BCUT2D eigenvalue weighted by molar-refractivity contribution is -0.144. The van der Waals surface area contributed by atoms with Gasteiger partial charge in [0.15, 0.2) is 0 Å². The summed E-state index contributed by atoms with van der Waals surface area (Å²) in [5.41, 5.74) is 1.76. The van der Waals surface area contributed by atoms with Crippen LogP contribution in [0.15, 0.2) is 24.3 Å². The average molecular weight is 315 g/mol. The fraction of sp³-hybridized carbons (Fsp3) is 0.500. The first kappa shape index (κ1) is 17.5. The van der Waals surface area contributed by atoms with Crippen molar-refractivity contribution in [2.45, 2.75) is 32.7 Å². The van der Waals surface area contributed by atoms with Crippen LogP contribution in [0.1, 0.15) is 25.3 Å². The molecular weight excluding hydrogens is 294 g/mol. The Morgan fingerprint density at radius 2 is 1.95 bits per heavy atom. The van der Waals surface area contributed by atoms with E-state index >= 15 is 0 Å². The van der Waals surface area contributed by atoms with Crippen molar-refractivity contribution >= 4 is 21.8 Å². The van der Waals surface area contributed by atoms with Crippen molar-refractivity contribution in [3.63, 3.8) is 0 Å². The molecule has 0 unspecified atom stereocenters. The standard InChI is InChI=1S/C14H21NO5S/c1-3-9-20-14(16)13(8-10-21(17,18)19)15-12-6-4-11(2)5-7-12/h4-7,13,15H,3,8-10H2,1-2H3,(H,17,18,19)/t13-/m0/s1. The largest absolute Gasteiger partial charge is 0.464 e. The molecule has 0 aliphatic heterocycles. The molecule has 0 aliphatic rings. The zero-order valence-electron chi connectivity index (χ0n) is 12.2. The van der Waals surface area contributed by atoms with Crippen molar-refractivity contribution in [1.29, 1.82) is 0 Å². The van der Waals surface area contributed by atoms with E-state index in [0.29, 0.717) is 12.1 Å². The predicted molar refractivity (Wildman–Crippen MR) is 80.9 cm³/mol. The van der Waals surface area contributed by atoms with Gasteiger partial charge in [-0.15, -0.1) is 0 Å². The lowest BCUT2D eigenvalue weighted by Crippen LogP contribution is -2.33. The predicted octanol–water partition coefficient (Wildman–Crippen LogP) is 2.01. The van der Waals surface area contributed by atoms with Gasteiger partial charge in [0.25, 0.3) is 10.1 Å². The molecule has 0 spiro atoms. The molecule has 1 aromatic rings. The Kier molecular flexibility index (Phi) is 6.64. The highest BCUT2D eigenvalue weighted by Crippen LogP contribution is 2.13. The van der Waals surface area contributed by atoms with Crippen molar-refractivity contribution in [3.8, 4) is 0 Å². The molecule has 118 valence electrons. The van der Waals surface area contributed by atoms with E-state index in [1.165, 1.54) is 0 Å². The molecule has 1 rings (SSSR count). The number of carbonyl (C=O) groups excluding carboxylic acids is 1. The van der Waals surface area contributed by atoms with Gasteiger partial charge in [-0.1, -0.05) is 24.6 Å². The Morgan fingerprint density at radius 3 is 2.48 bits per heavy atom. The van der Waals surface area contributed by atoms with Crippen LogP contribution in [-0.4, -0.2) is 37.3 Å². The van der Waals surface area contributed by atoms with Gasteiger partial charge in [-0.3, -0.25) is 4.55 Å². The minimum atomic E-state index is -4.12. The van der Waals surface area contributed by atoms with Gasteiger partial charge < -0.3 is 10.1 Å². The number of hydrogen-bond acceptors (Lipinski definition) is 5. The van der Waals surface area contributed by atoms with Gasteiger partial charge in [0, 0.05) is 5.69 Å². The summed E-state index contributed by atoms with van der Waals surface area (Å²) in [5, 5.41) is 2.94. The molecule has 0 fully saturated rings. The fourth-order valence-corrected chi connectivity index (χ4v) is 2.20. The first-order valence-electron chi connectivity index (χ1n) is 6.77. The summed E-state index contributed by atoms with van der Waals surface area (Å²) < 4.78 is 35.5. The van der Waals surface area contributed by atoms with Crippen molar-refractivity contribution in [3.05, 3.63) is 29.8 Å². The molecule has 0 aromatic heterocycles. The molecule has 6 nitrogen and oxygen atoms in total. The number of benzene rings is 1. The average Bonchev–Trinajstić information content (AvgIpc) is 2.41. The number of ether oxygens (including phenoxy) is 1. The highest BCUT2D eigenvalue weighted by Gasteiger charge is 2.22. The van der Waals surface area contributed by atoms with Crippen molar-refractivity contribution < 1.29 is 22.5 Å². The smallest absolute Gasteiger partial charge is 0.328 e. The van der Waals surface area contributed by atoms with Gasteiger partial charge in [-0.25, -0.2) is 4.79 Å². The van der Waals surface area contributed by atoms with Crippen molar-refractivity contribution in [2.24, 2.45) is 0 Å². The van der Waals surface area contributed by atoms with Crippen LogP contribution >= 0.6 is 0 Å². The Balaban J connectivity index is 2.75. The van der Waals surface area contributed by atoms with Crippen LogP contribution in [0.4, 0.5) is 5.69 Å². The first-order chi connectivity index (χ1) is 9.81. The molecule has 1 aromatic carbocycles. The van der Waals surface area contributed by atoms with Crippen LogP contribution in [0.2, 0.25) is 0 Å². The molecule has 1 atom stereocenters. The van der Waals surface area contributed by atoms with Gasteiger partial charge >= 0.3 is 5.97 Å². The Hall–Kier alpha value is -1.60. The van der Waals surface area contributed by atoms with Crippen LogP contribution in [0.5, 0.6) is 0 Å². The molecule has 0 heterocycles. The highest BCUT2D eigenvalue weighted by molar-refractivity contribution is 7.85. The third-order valence-corrected chi connectivity index (χ3v) is 3.54. The normalized spacial score (nSPS) is 12.7. The summed E-state index contributed by atoms with van der Waals surface area (Å²) >= 11 is 0. The topological polar surface area (TPSA) is 92.7 Å². The van der Waals surface area contributed by atoms with E-state index in [-0.39, 0.29) is 13.0 Å². The fourth-order valence-electron chi connectivity index (χ4n) is 1.67. The zero-order valence-corrected chi connectivity index (χ0v) is 13.0. The summed E-state index contributed by atoms with van der Waals surface area (Å²) in [5.74, 6) is -1.03. The second-order valence-electron chi connectivity index (χ2n) is 4.81. The number of aryl methyl sites for hydroxylation is 1. The first-order valence-corrected chi connectivity index (χ1v) is 8.37. The van der Waals surface area contributed by atoms with E-state index in [1.807, 2.05) is 26.0 Å². The van der Waals surface area contributed by atoms with Gasteiger partial charge in [0.05, 0.1) is 12.4 Å². The zero-order chi connectivity index (χ0) is 15.9. The van der Waals surface area contributed by atoms with Crippen molar-refractivity contribution in [1.82, 2.24) is 0 Å². The number of nitrogens with one attached hydrogen (secondary N) is 1. The molecule has 0 saturated carbocycles. The number of carbonyl (C=O) groups is 1. The molecule has 0 radical (unpaired) electrons. The molecule has 0 bridgehead atoms. The second kappa shape index (κ2) is 7.99. The maximum absolute atomic E-state index is 11.9. The van der Waals surface area contributed by atoms with Crippen LogP contribution < -0.4 is 5.32 Å². The van der Waals surface area contributed by atoms with Gasteiger partial charge in [0.2, 0.25) is 0 Å². The van der Waals surface area contributed by atoms with Crippen LogP contribution in [0, 0.1) is 6.92 Å². The lowest BCUT2D eigenvalue weighted by Gasteiger charge is -2.18. The molecule has 2 N–H and O–H groups in total. The van der Waals surface area contributed by atoms with E-state index in [9.17, 15) is 13.2 Å². The third-order valence-electron chi connectivity index (χ3n) is 2.79. The minimum absolute atomic E-state index is 0.0603. The SMILES string of the molecule is CCCOC(=O)[C@H](CCS(=O)(=O)O)Nc1ccc(C)cc1. The maximum atomic E-state index is 11.9. The Bertz CT molecular complexity index is 553. The summed E-state index contributed by atoms with van der Waals surface area (Å²) in [6.45, 7) is 4.08. The molecule has 21 heavy (non-hydrogen) atoms. The summed E-state index contributed by atoms with van der Waals surface area (Å²) in [6, 6.07) is 6.52. The van der Waals surface area contributed by atoms with Crippen LogP contribution in [0.3, 0.4) is 0 Å². The number of esters is 1. The van der Waals surface area contributed by atoms with Crippen molar-refractivity contribution in [2.75, 3.05) is 17.7 Å². The molecule has 0 amide bonds. The summed E-state index contributed by atoms with van der Waals surface area (Å²) in [7, 11) is -4.12. The molecule has 0 aliphatic carbocycles. The number of rotatable bonds is 8. The maximum Gasteiger partial charge on any atom is 0.328 e. The molecule has 7 heteroatoms. The van der Waals surface area contributed by atoms with Crippen LogP contribution in [0.25, 0.3) is 0 Å². The van der Waals surface area contributed by atoms with E-state index in [0.717, 1.165) is 5.56 Å². The quantitative estimate of drug-likeness (QED) is 0.563. The summed E-state index contributed by atoms with van der Waals surface area (Å²) in [6.07, 6.45) is 0.622. The Labute approximate surface area is 125 Å². The van der Waals surface area contributed by atoms with Gasteiger partial charge in [0.1, 0.15) is 6.04 Å². The number of hydrogen-bond donors (Lipinski definition) is 2. The van der Waals surface area contributed by atoms with E-state index in [1.54, 1.807) is 12.1 Å². The molecular formula is C14H21NO5S.